The molecule has 0 aliphatic carbocycles. The van der Waals surface area contributed by atoms with Crippen LogP contribution in [0.4, 0.5) is 5.82 Å². The van der Waals surface area contributed by atoms with Crippen LogP contribution in [0.15, 0.2) is 24.4 Å². The summed E-state index contributed by atoms with van der Waals surface area (Å²) in [6.45, 7) is 1.35. The van der Waals surface area contributed by atoms with E-state index in [0.29, 0.717) is 19.6 Å². The van der Waals surface area contributed by atoms with Crippen LogP contribution in [-0.2, 0) is 16.4 Å². The van der Waals surface area contributed by atoms with Gasteiger partial charge in [0, 0.05) is 25.8 Å². The van der Waals surface area contributed by atoms with Gasteiger partial charge in [-0.1, -0.05) is 6.07 Å². The number of anilines is 1. The topological polar surface area (TPSA) is 80.7 Å². The first-order valence-corrected chi connectivity index (χ1v) is 8.04. The lowest BCUT2D eigenvalue weighted by molar-refractivity contribution is 0.586. The minimum Gasteiger partial charge on any atom is -0.353 e. The van der Waals surface area contributed by atoms with Gasteiger partial charge in [0.25, 0.3) is 0 Å². The maximum Gasteiger partial charge on any atom is 0.153 e. The Kier molecular flexibility index (Phi) is 2.94. The summed E-state index contributed by atoms with van der Waals surface area (Å²) in [5.41, 5.74) is 7.58. The van der Waals surface area contributed by atoms with Crippen molar-refractivity contribution in [3.8, 4) is 0 Å². The lowest BCUT2D eigenvalue weighted by Gasteiger charge is -2.27. The fourth-order valence-corrected chi connectivity index (χ4v) is 3.60. The van der Waals surface area contributed by atoms with Gasteiger partial charge in [0.2, 0.25) is 0 Å². The number of imidazole rings is 1. The SMILES string of the molecule is NCc1c(N2CCS(=O)(=O)CC2)nc2ccccn12. The average Bonchev–Trinajstić information content (AvgIpc) is 2.77. The molecule has 0 aromatic carbocycles. The highest BCUT2D eigenvalue weighted by molar-refractivity contribution is 7.91. The lowest BCUT2D eigenvalue weighted by Crippen LogP contribution is -2.41. The monoisotopic (exact) mass is 280 g/mol. The van der Waals surface area contributed by atoms with Crippen molar-refractivity contribution in [2.45, 2.75) is 6.54 Å². The molecule has 2 aromatic heterocycles. The molecule has 19 heavy (non-hydrogen) atoms. The van der Waals surface area contributed by atoms with Crippen LogP contribution >= 0.6 is 0 Å². The highest BCUT2D eigenvalue weighted by Gasteiger charge is 2.25. The molecule has 0 spiro atoms. The van der Waals surface area contributed by atoms with Crippen LogP contribution in [0.2, 0.25) is 0 Å². The Balaban J connectivity index is 2.01. The van der Waals surface area contributed by atoms with Crippen molar-refractivity contribution in [1.29, 1.82) is 0 Å². The molecule has 1 aliphatic heterocycles. The second kappa shape index (κ2) is 4.50. The second-order valence-corrected chi connectivity index (χ2v) is 6.96. The van der Waals surface area contributed by atoms with Gasteiger partial charge < -0.3 is 15.0 Å². The summed E-state index contributed by atoms with van der Waals surface area (Å²) < 4.78 is 24.9. The molecule has 0 saturated carbocycles. The zero-order valence-electron chi connectivity index (χ0n) is 10.5. The Morgan fingerprint density at radius 3 is 2.68 bits per heavy atom. The Hall–Kier alpha value is -1.60. The first kappa shape index (κ1) is 12.4. The smallest absolute Gasteiger partial charge is 0.153 e. The van der Waals surface area contributed by atoms with Gasteiger partial charge in [-0.2, -0.15) is 0 Å². The second-order valence-electron chi connectivity index (χ2n) is 4.65. The van der Waals surface area contributed by atoms with E-state index in [9.17, 15) is 8.42 Å². The standard InChI is InChI=1S/C12H16N4O2S/c13-9-10-12(14-11-3-1-2-4-16(10)11)15-5-7-19(17,18)8-6-15/h1-4H,5-9,13H2. The maximum atomic E-state index is 11.5. The number of hydrogen-bond acceptors (Lipinski definition) is 5. The van der Waals surface area contributed by atoms with Gasteiger partial charge >= 0.3 is 0 Å². The maximum absolute atomic E-state index is 11.5. The molecule has 3 heterocycles. The molecule has 6 nitrogen and oxygen atoms in total. The van der Waals surface area contributed by atoms with Crippen LogP contribution in [0.3, 0.4) is 0 Å². The molecular weight excluding hydrogens is 264 g/mol. The summed E-state index contributed by atoms with van der Waals surface area (Å²) >= 11 is 0. The summed E-state index contributed by atoms with van der Waals surface area (Å²) in [5.74, 6) is 1.18. The van der Waals surface area contributed by atoms with Crippen molar-refractivity contribution in [2.75, 3.05) is 29.5 Å². The van der Waals surface area contributed by atoms with Crippen molar-refractivity contribution in [1.82, 2.24) is 9.38 Å². The molecule has 0 radical (unpaired) electrons. The Bertz CT molecular complexity index is 694. The number of pyridine rings is 1. The molecule has 1 aliphatic rings. The zero-order chi connectivity index (χ0) is 13.5. The van der Waals surface area contributed by atoms with Crippen LogP contribution in [0, 0.1) is 0 Å². The number of fused-ring (bicyclic) bond motifs is 1. The molecule has 0 bridgehead atoms. The molecule has 0 unspecified atom stereocenters. The third-order valence-electron chi connectivity index (χ3n) is 3.45. The van der Waals surface area contributed by atoms with E-state index >= 15 is 0 Å². The van der Waals surface area contributed by atoms with Gasteiger partial charge in [0.1, 0.15) is 5.65 Å². The summed E-state index contributed by atoms with van der Waals surface area (Å²) in [5, 5.41) is 0. The van der Waals surface area contributed by atoms with Crippen LogP contribution in [0.1, 0.15) is 5.69 Å². The molecule has 1 fully saturated rings. The molecule has 2 aromatic rings. The lowest BCUT2D eigenvalue weighted by atomic mass is 10.3. The van der Waals surface area contributed by atoms with Gasteiger partial charge in [-0.15, -0.1) is 0 Å². The fourth-order valence-electron chi connectivity index (χ4n) is 2.40. The molecule has 7 heteroatoms. The highest BCUT2D eigenvalue weighted by Crippen LogP contribution is 2.23. The van der Waals surface area contributed by atoms with E-state index in [4.69, 9.17) is 5.73 Å². The Morgan fingerprint density at radius 2 is 2.00 bits per heavy atom. The van der Waals surface area contributed by atoms with Crippen molar-refractivity contribution in [2.24, 2.45) is 5.73 Å². The first-order chi connectivity index (χ1) is 9.11. The third-order valence-corrected chi connectivity index (χ3v) is 5.05. The number of rotatable bonds is 2. The Morgan fingerprint density at radius 1 is 1.26 bits per heavy atom. The summed E-state index contributed by atoms with van der Waals surface area (Å²) in [4.78, 5) is 6.58. The molecule has 2 N–H and O–H groups in total. The van der Waals surface area contributed by atoms with Crippen molar-refractivity contribution in [3.05, 3.63) is 30.1 Å². The molecule has 0 amide bonds. The minimum absolute atomic E-state index is 0.185. The number of aromatic nitrogens is 2. The van der Waals surface area contributed by atoms with Crippen LogP contribution in [-0.4, -0.2) is 42.4 Å². The largest absolute Gasteiger partial charge is 0.353 e. The first-order valence-electron chi connectivity index (χ1n) is 6.22. The van der Waals surface area contributed by atoms with Gasteiger partial charge in [0.05, 0.1) is 17.2 Å². The van der Waals surface area contributed by atoms with E-state index in [2.05, 4.69) is 4.98 Å². The van der Waals surface area contributed by atoms with Gasteiger partial charge in [0.15, 0.2) is 15.7 Å². The van der Waals surface area contributed by atoms with E-state index in [0.717, 1.165) is 17.2 Å². The third kappa shape index (κ3) is 2.19. The van der Waals surface area contributed by atoms with Gasteiger partial charge in [-0.25, -0.2) is 13.4 Å². The molecule has 3 rings (SSSR count). The predicted molar refractivity (Wildman–Crippen MR) is 74.0 cm³/mol. The molecular formula is C12H16N4O2S. The van der Waals surface area contributed by atoms with Gasteiger partial charge in [-0.05, 0) is 12.1 Å². The van der Waals surface area contributed by atoms with Gasteiger partial charge in [-0.3, -0.25) is 0 Å². The Labute approximate surface area is 111 Å². The quantitative estimate of drug-likeness (QED) is 0.839. The van der Waals surface area contributed by atoms with Crippen molar-refractivity contribution >= 4 is 21.3 Å². The van der Waals surface area contributed by atoms with E-state index < -0.39 is 9.84 Å². The van der Waals surface area contributed by atoms with Crippen LogP contribution in [0.25, 0.3) is 5.65 Å². The van der Waals surface area contributed by atoms with E-state index in [1.807, 2.05) is 33.7 Å². The molecule has 102 valence electrons. The number of hydrogen-bond donors (Lipinski definition) is 1. The molecule has 0 atom stereocenters. The van der Waals surface area contributed by atoms with Crippen molar-refractivity contribution < 1.29 is 8.42 Å². The summed E-state index contributed by atoms with van der Waals surface area (Å²) in [6.07, 6.45) is 1.93. The van der Waals surface area contributed by atoms with Crippen molar-refractivity contribution in [3.63, 3.8) is 0 Å². The predicted octanol–water partition coefficient (Wildman–Crippen LogP) is 0.0278. The number of nitrogens with zero attached hydrogens (tertiary/aromatic N) is 3. The average molecular weight is 280 g/mol. The van der Waals surface area contributed by atoms with Crippen LogP contribution in [0.5, 0.6) is 0 Å². The number of nitrogens with two attached hydrogens (primary N) is 1. The summed E-state index contributed by atoms with van der Waals surface area (Å²) in [7, 11) is -2.88. The van der Waals surface area contributed by atoms with E-state index in [1.54, 1.807) is 0 Å². The van der Waals surface area contributed by atoms with Crippen LogP contribution < -0.4 is 10.6 Å². The normalized spacial score (nSPS) is 18.9. The van der Waals surface area contributed by atoms with E-state index in [1.165, 1.54) is 0 Å². The zero-order valence-corrected chi connectivity index (χ0v) is 11.3. The highest BCUT2D eigenvalue weighted by atomic mass is 32.2. The minimum atomic E-state index is -2.88. The molecule has 1 saturated heterocycles. The van der Waals surface area contributed by atoms with E-state index in [-0.39, 0.29) is 11.5 Å². The number of sulfone groups is 1. The summed E-state index contributed by atoms with van der Waals surface area (Å²) in [6, 6.07) is 5.77. The fraction of sp³-hybridized carbons (Fsp3) is 0.417.